The molecule has 0 heterocycles. The molecule has 1 N–H and O–H groups in total. The summed E-state index contributed by atoms with van der Waals surface area (Å²) in [5, 5.41) is 2.79. The summed E-state index contributed by atoms with van der Waals surface area (Å²) in [5.74, 6) is -0.421. The third-order valence-electron chi connectivity index (χ3n) is 5.38. The zero-order valence-electron chi connectivity index (χ0n) is 16.5. The van der Waals surface area contributed by atoms with E-state index in [4.69, 9.17) is 0 Å². The minimum Gasteiger partial charge on any atom is -0.335 e. The van der Waals surface area contributed by atoms with E-state index in [2.05, 4.69) is 5.32 Å². The van der Waals surface area contributed by atoms with Crippen molar-refractivity contribution in [2.45, 2.75) is 52.0 Å². The fraction of sp³-hybridized carbons (Fsp3) is 0.391. The molecule has 1 saturated carbocycles. The van der Waals surface area contributed by atoms with Crippen LogP contribution in [0.1, 0.15) is 54.1 Å². The molecule has 0 unspecified atom stereocenters. The van der Waals surface area contributed by atoms with Crippen molar-refractivity contribution in [1.29, 1.82) is 0 Å². The Balaban J connectivity index is 1.80. The highest BCUT2D eigenvalue weighted by Crippen LogP contribution is 2.26. The third-order valence-corrected chi connectivity index (χ3v) is 5.38. The van der Waals surface area contributed by atoms with Crippen LogP contribution in [0.5, 0.6) is 0 Å². The van der Waals surface area contributed by atoms with E-state index in [0.717, 1.165) is 36.8 Å². The number of halogens is 1. The van der Waals surface area contributed by atoms with Crippen LogP contribution in [-0.4, -0.2) is 29.3 Å². The van der Waals surface area contributed by atoms with E-state index in [1.165, 1.54) is 19.1 Å². The molecule has 0 spiro atoms. The summed E-state index contributed by atoms with van der Waals surface area (Å²) < 4.78 is 13.1. The third kappa shape index (κ3) is 4.97. The van der Waals surface area contributed by atoms with Crippen LogP contribution in [-0.2, 0) is 11.2 Å². The normalized spacial score (nSPS) is 14.1. The van der Waals surface area contributed by atoms with Crippen LogP contribution in [0.2, 0.25) is 0 Å². The first-order valence-corrected chi connectivity index (χ1v) is 9.87. The Kier molecular flexibility index (Phi) is 6.45. The lowest BCUT2D eigenvalue weighted by molar-refractivity contribution is -0.114. The van der Waals surface area contributed by atoms with Gasteiger partial charge in [0.05, 0.1) is 0 Å². The van der Waals surface area contributed by atoms with Crippen molar-refractivity contribution in [2.24, 2.45) is 0 Å². The number of anilines is 1. The number of carbonyl (C=O) groups is 2. The monoisotopic (exact) mass is 382 g/mol. The Morgan fingerprint density at radius 1 is 1.11 bits per heavy atom. The van der Waals surface area contributed by atoms with Gasteiger partial charge in [-0.2, -0.15) is 0 Å². The molecular weight excluding hydrogens is 355 g/mol. The van der Waals surface area contributed by atoms with Crippen molar-refractivity contribution in [3.05, 3.63) is 65.0 Å². The van der Waals surface area contributed by atoms with Gasteiger partial charge in [0.25, 0.3) is 5.91 Å². The maximum absolute atomic E-state index is 13.3. The molecule has 5 heteroatoms. The second-order valence-electron chi connectivity index (χ2n) is 7.52. The molecule has 0 radical (unpaired) electrons. The minimum atomic E-state index is -0.252. The number of benzene rings is 2. The highest BCUT2D eigenvalue weighted by Gasteiger charge is 2.27. The van der Waals surface area contributed by atoms with E-state index in [-0.39, 0.29) is 23.7 Å². The Hall–Kier alpha value is -2.69. The van der Waals surface area contributed by atoms with E-state index in [9.17, 15) is 14.0 Å². The van der Waals surface area contributed by atoms with Gasteiger partial charge in [-0.3, -0.25) is 9.59 Å². The Morgan fingerprint density at radius 2 is 1.79 bits per heavy atom. The van der Waals surface area contributed by atoms with Gasteiger partial charge in [0.15, 0.2) is 0 Å². The maximum atomic E-state index is 13.3. The van der Waals surface area contributed by atoms with Crippen LogP contribution in [0.25, 0.3) is 0 Å². The standard InChI is InChI=1S/C23H27FN2O2/c1-16-7-10-19(15-22(16)25-17(2)27)23(28)26(21-5-3-4-6-21)14-13-18-8-11-20(24)12-9-18/h7-12,15,21H,3-6,13-14H2,1-2H3,(H,25,27). The number of aryl methyl sites for hydroxylation is 1. The van der Waals surface area contributed by atoms with Gasteiger partial charge in [0, 0.05) is 30.8 Å². The fourth-order valence-electron chi connectivity index (χ4n) is 3.81. The van der Waals surface area contributed by atoms with E-state index in [0.29, 0.717) is 24.2 Å². The lowest BCUT2D eigenvalue weighted by atomic mass is 10.1. The fourth-order valence-corrected chi connectivity index (χ4v) is 3.81. The lowest BCUT2D eigenvalue weighted by Crippen LogP contribution is -2.40. The van der Waals surface area contributed by atoms with Crippen LogP contribution in [0.3, 0.4) is 0 Å². The maximum Gasteiger partial charge on any atom is 0.254 e. The second-order valence-corrected chi connectivity index (χ2v) is 7.52. The van der Waals surface area contributed by atoms with Gasteiger partial charge in [-0.15, -0.1) is 0 Å². The first kappa shape index (κ1) is 20.1. The molecule has 28 heavy (non-hydrogen) atoms. The zero-order chi connectivity index (χ0) is 20.1. The second kappa shape index (κ2) is 9.00. The van der Waals surface area contributed by atoms with Gasteiger partial charge in [0.1, 0.15) is 5.82 Å². The molecule has 1 aliphatic rings. The van der Waals surface area contributed by atoms with Crippen LogP contribution >= 0.6 is 0 Å². The van der Waals surface area contributed by atoms with Gasteiger partial charge >= 0.3 is 0 Å². The smallest absolute Gasteiger partial charge is 0.254 e. The number of carbonyl (C=O) groups excluding carboxylic acids is 2. The SMILES string of the molecule is CC(=O)Nc1cc(C(=O)N(CCc2ccc(F)cc2)C2CCCC2)ccc1C. The van der Waals surface area contributed by atoms with Gasteiger partial charge < -0.3 is 10.2 Å². The number of hydrogen-bond acceptors (Lipinski definition) is 2. The van der Waals surface area contributed by atoms with Crippen LogP contribution in [0.4, 0.5) is 10.1 Å². The predicted molar refractivity (Wildman–Crippen MR) is 109 cm³/mol. The number of nitrogens with one attached hydrogen (secondary N) is 1. The van der Waals surface area contributed by atoms with Gasteiger partial charge in [0.2, 0.25) is 5.91 Å². The molecule has 0 atom stereocenters. The molecule has 2 aromatic rings. The summed E-state index contributed by atoms with van der Waals surface area (Å²) in [6, 6.07) is 12.1. The average molecular weight is 382 g/mol. The molecule has 0 saturated heterocycles. The van der Waals surface area contributed by atoms with E-state index >= 15 is 0 Å². The molecular formula is C23H27FN2O2. The first-order valence-electron chi connectivity index (χ1n) is 9.87. The minimum absolute atomic E-state index is 0.0133. The number of nitrogens with zero attached hydrogens (tertiary/aromatic N) is 1. The van der Waals surface area contributed by atoms with Crippen molar-refractivity contribution in [3.8, 4) is 0 Å². The number of hydrogen-bond donors (Lipinski definition) is 1. The van der Waals surface area contributed by atoms with Gasteiger partial charge in [-0.1, -0.05) is 31.0 Å². The molecule has 0 aromatic heterocycles. The molecule has 3 rings (SSSR count). The van der Waals surface area contributed by atoms with Crippen molar-refractivity contribution < 1.29 is 14.0 Å². The predicted octanol–water partition coefficient (Wildman–Crippen LogP) is 4.72. The zero-order valence-corrected chi connectivity index (χ0v) is 16.5. The summed E-state index contributed by atoms with van der Waals surface area (Å²) in [6.07, 6.45) is 4.98. The van der Waals surface area contributed by atoms with Crippen molar-refractivity contribution in [1.82, 2.24) is 4.90 Å². The van der Waals surface area contributed by atoms with Gasteiger partial charge in [-0.05, 0) is 61.6 Å². The Morgan fingerprint density at radius 3 is 2.43 bits per heavy atom. The summed E-state index contributed by atoms with van der Waals surface area (Å²) in [7, 11) is 0. The van der Waals surface area contributed by atoms with Crippen LogP contribution in [0, 0.1) is 12.7 Å². The van der Waals surface area contributed by atoms with Crippen LogP contribution < -0.4 is 5.32 Å². The molecule has 0 bridgehead atoms. The van der Waals surface area contributed by atoms with Crippen molar-refractivity contribution in [3.63, 3.8) is 0 Å². The quantitative estimate of drug-likeness (QED) is 0.786. The lowest BCUT2D eigenvalue weighted by Gasteiger charge is -2.29. The molecule has 0 aliphatic heterocycles. The first-order chi connectivity index (χ1) is 13.4. The van der Waals surface area contributed by atoms with E-state index in [1.54, 1.807) is 18.2 Å². The highest BCUT2D eigenvalue weighted by molar-refractivity contribution is 5.97. The average Bonchev–Trinajstić information content (AvgIpc) is 3.19. The number of rotatable bonds is 6. The molecule has 1 aliphatic carbocycles. The van der Waals surface area contributed by atoms with Crippen LogP contribution in [0.15, 0.2) is 42.5 Å². The summed E-state index contributed by atoms with van der Waals surface area (Å²) in [4.78, 5) is 26.7. The Bertz CT molecular complexity index is 842. The molecule has 148 valence electrons. The summed E-state index contributed by atoms with van der Waals surface area (Å²) in [5.41, 5.74) is 3.19. The van der Waals surface area contributed by atoms with Crippen molar-refractivity contribution in [2.75, 3.05) is 11.9 Å². The summed E-state index contributed by atoms with van der Waals surface area (Å²) >= 11 is 0. The molecule has 1 fully saturated rings. The highest BCUT2D eigenvalue weighted by atomic mass is 19.1. The largest absolute Gasteiger partial charge is 0.335 e. The van der Waals surface area contributed by atoms with E-state index in [1.807, 2.05) is 24.0 Å². The van der Waals surface area contributed by atoms with E-state index < -0.39 is 0 Å². The Labute approximate surface area is 165 Å². The molecule has 4 nitrogen and oxygen atoms in total. The van der Waals surface area contributed by atoms with Gasteiger partial charge in [-0.25, -0.2) is 4.39 Å². The number of amides is 2. The molecule has 2 aromatic carbocycles. The van der Waals surface area contributed by atoms with Crippen molar-refractivity contribution >= 4 is 17.5 Å². The summed E-state index contributed by atoms with van der Waals surface area (Å²) in [6.45, 7) is 3.96. The topological polar surface area (TPSA) is 49.4 Å². The molecule has 2 amide bonds.